The van der Waals surface area contributed by atoms with Crippen LogP contribution < -0.4 is 15.8 Å². The predicted octanol–water partition coefficient (Wildman–Crippen LogP) is 2.72. The van der Waals surface area contributed by atoms with Gasteiger partial charge >= 0.3 is 0 Å². The average molecular weight is 312 g/mol. The molecule has 122 valence electrons. The van der Waals surface area contributed by atoms with Crippen LogP contribution in [0.2, 0.25) is 0 Å². The van der Waals surface area contributed by atoms with Gasteiger partial charge in [0.25, 0.3) is 0 Å². The number of ether oxygens (including phenoxy) is 1. The van der Waals surface area contributed by atoms with Gasteiger partial charge in [-0.2, -0.15) is 0 Å². The van der Waals surface area contributed by atoms with Gasteiger partial charge in [0.05, 0.1) is 6.54 Å². The zero-order valence-corrected chi connectivity index (χ0v) is 13.7. The summed E-state index contributed by atoms with van der Waals surface area (Å²) in [6.45, 7) is 5.97. The summed E-state index contributed by atoms with van der Waals surface area (Å²) in [5.74, 6) is 1.56. The number of hydrogen-bond acceptors (Lipinski definition) is 3. The Morgan fingerprint density at radius 3 is 2.74 bits per heavy atom. The smallest absolute Gasteiger partial charge is 0.218 e. The van der Waals surface area contributed by atoms with E-state index in [9.17, 15) is 0 Å². The van der Waals surface area contributed by atoms with Crippen LogP contribution in [0.5, 0.6) is 5.88 Å². The third-order valence-electron chi connectivity index (χ3n) is 3.18. The molecule has 5 nitrogen and oxygen atoms in total. The molecule has 0 fully saturated rings. The fourth-order valence-corrected chi connectivity index (χ4v) is 1.94. The first kappa shape index (κ1) is 16.8. The first-order chi connectivity index (χ1) is 11.1. The Balaban J connectivity index is 1.96. The number of rotatable bonds is 7. The van der Waals surface area contributed by atoms with Crippen LogP contribution >= 0.6 is 0 Å². The molecule has 2 aromatic rings. The van der Waals surface area contributed by atoms with Crippen LogP contribution in [0.15, 0.2) is 53.7 Å². The molecule has 1 aromatic heterocycles. The maximum Gasteiger partial charge on any atom is 0.218 e. The Morgan fingerprint density at radius 2 is 2.00 bits per heavy atom. The molecule has 1 aromatic carbocycles. The largest absolute Gasteiger partial charge is 0.473 e. The maximum absolute atomic E-state index is 5.86. The summed E-state index contributed by atoms with van der Waals surface area (Å²) in [4.78, 5) is 8.64. The van der Waals surface area contributed by atoms with E-state index in [0.717, 1.165) is 17.7 Å². The van der Waals surface area contributed by atoms with Crippen molar-refractivity contribution in [2.45, 2.75) is 27.0 Å². The molecule has 3 N–H and O–H groups in total. The number of aliphatic imine (C=N–C) groups is 1. The van der Waals surface area contributed by atoms with Gasteiger partial charge in [0.15, 0.2) is 5.96 Å². The zero-order valence-electron chi connectivity index (χ0n) is 13.7. The minimum absolute atomic E-state index is 0.439. The van der Waals surface area contributed by atoms with Crippen LogP contribution in [0.3, 0.4) is 0 Å². The van der Waals surface area contributed by atoms with E-state index in [-0.39, 0.29) is 0 Å². The molecule has 2 rings (SSSR count). The van der Waals surface area contributed by atoms with Gasteiger partial charge in [-0.05, 0) is 17.5 Å². The van der Waals surface area contributed by atoms with Crippen LogP contribution in [-0.2, 0) is 13.2 Å². The van der Waals surface area contributed by atoms with E-state index in [2.05, 4.69) is 29.1 Å². The number of pyridine rings is 1. The van der Waals surface area contributed by atoms with Gasteiger partial charge in [0.1, 0.15) is 6.61 Å². The Bertz CT molecular complexity index is 626. The lowest BCUT2D eigenvalue weighted by Crippen LogP contribution is -2.34. The summed E-state index contributed by atoms with van der Waals surface area (Å²) in [7, 11) is 0. The van der Waals surface area contributed by atoms with E-state index < -0.39 is 0 Å². The molecule has 0 saturated carbocycles. The molecular weight excluding hydrogens is 288 g/mol. The molecule has 5 heteroatoms. The SMILES string of the molecule is CC(C)CNC(N)=NCc1cccnc1OCc1ccccc1. The van der Waals surface area contributed by atoms with Gasteiger partial charge in [-0.1, -0.05) is 50.2 Å². The van der Waals surface area contributed by atoms with Gasteiger partial charge in [0, 0.05) is 18.3 Å². The van der Waals surface area contributed by atoms with Crippen molar-refractivity contribution in [3.63, 3.8) is 0 Å². The fourth-order valence-electron chi connectivity index (χ4n) is 1.94. The third kappa shape index (κ3) is 5.98. The van der Waals surface area contributed by atoms with Crippen LogP contribution in [0, 0.1) is 5.92 Å². The lowest BCUT2D eigenvalue weighted by atomic mass is 10.2. The van der Waals surface area contributed by atoms with Crippen molar-refractivity contribution in [2.24, 2.45) is 16.6 Å². The zero-order chi connectivity index (χ0) is 16.5. The van der Waals surface area contributed by atoms with Gasteiger partial charge in [0.2, 0.25) is 5.88 Å². The van der Waals surface area contributed by atoms with E-state index in [1.165, 1.54) is 0 Å². The van der Waals surface area contributed by atoms with Gasteiger partial charge in [-0.3, -0.25) is 0 Å². The average Bonchev–Trinajstić information content (AvgIpc) is 2.58. The molecular formula is C18H24N4O. The first-order valence-corrected chi connectivity index (χ1v) is 7.79. The Hall–Kier alpha value is -2.56. The van der Waals surface area contributed by atoms with Crippen molar-refractivity contribution in [2.75, 3.05) is 6.54 Å². The number of nitrogens with two attached hydrogens (primary N) is 1. The highest BCUT2D eigenvalue weighted by atomic mass is 16.5. The Kier molecular flexibility index (Phi) is 6.41. The fraction of sp³-hybridized carbons (Fsp3) is 0.333. The monoisotopic (exact) mass is 312 g/mol. The lowest BCUT2D eigenvalue weighted by molar-refractivity contribution is 0.290. The summed E-state index contributed by atoms with van der Waals surface area (Å²) >= 11 is 0. The summed E-state index contributed by atoms with van der Waals surface area (Å²) in [5.41, 5.74) is 7.88. The topological polar surface area (TPSA) is 72.5 Å². The molecule has 23 heavy (non-hydrogen) atoms. The standard InChI is InChI=1S/C18H24N4O/c1-14(2)11-21-18(19)22-12-16-9-6-10-20-17(16)23-13-15-7-4-3-5-8-15/h3-10,14H,11-13H2,1-2H3,(H3,19,21,22). The minimum atomic E-state index is 0.439. The molecule has 0 saturated heterocycles. The summed E-state index contributed by atoms with van der Waals surface area (Å²) < 4.78 is 5.81. The number of benzene rings is 1. The third-order valence-corrected chi connectivity index (χ3v) is 3.18. The quantitative estimate of drug-likeness (QED) is 0.609. The molecule has 0 radical (unpaired) electrons. The van der Waals surface area contributed by atoms with Gasteiger partial charge < -0.3 is 15.8 Å². The van der Waals surface area contributed by atoms with Crippen molar-refractivity contribution >= 4 is 5.96 Å². The molecule has 0 spiro atoms. The van der Waals surface area contributed by atoms with Crippen molar-refractivity contribution in [3.05, 3.63) is 59.8 Å². The van der Waals surface area contributed by atoms with Gasteiger partial charge in [-0.15, -0.1) is 0 Å². The predicted molar refractivity (Wildman–Crippen MR) is 93.2 cm³/mol. The van der Waals surface area contributed by atoms with E-state index in [0.29, 0.717) is 30.9 Å². The number of nitrogens with zero attached hydrogens (tertiary/aromatic N) is 2. The minimum Gasteiger partial charge on any atom is -0.473 e. The molecule has 0 bridgehead atoms. The van der Waals surface area contributed by atoms with E-state index in [1.54, 1.807) is 6.20 Å². The van der Waals surface area contributed by atoms with Crippen molar-refractivity contribution in [3.8, 4) is 5.88 Å². The molecule has 0 unspecified atom stereocenters. The van der Waals surface area contributed by atoms with E-state index in [1.807, 2.05) is 42.5 Å². The number of nitrogens with one attached hydrogen (secondary N) is 1. The summed E-state index contributed by atoms with van der Waals surface area (Å²) in [6.07, 6.45) is 1.72. The highest BCUT2D eigenvalue weighted by molar-refractivity contribution is 5.77. The molecule has 0 aliphatic heterocycles. The first-order valence-electron chi connectivity index (χ1n) is 7.79. The number of guanidine groups is 1. The van der Waals surface area contributed by atoms with Crippen molar-refractivity contribution in [1.82, 2.24) is 10.3 Å². The van der Waals surface area contributed by atoms with Crippen molar-refractivity contribution in [1.29, 1.82) is 0 Å². The Labute approximate surface area is 137 Å². The van der Waals surface area contributed by atoms with Crippen LogP contribution in [0.1, 0.15) is 25.0 Å². The molecule has 0 amide bonds. The molecule has 0 aliphatic carbocycles. The highest BCUT2D eigenvalue weighted by Crippen LogP contribution is 2.17. The second-order valence-corrected chi connectivity index (χ2v) is 5.72. The number of hydrogen-bond donors (Lipinski definition) is 2. The summed E-state index contributed by atoms with van der Waals surface area (Å²) in [6, 6.07) is 13.8. The Morgan fingerprint density at radius 1 is 1.22 bits per heavy atom. The maximum atomic E-state index is 5.86. The number of aromatic nitrogens is 1. The highest BCUT2D eigenvalue weighted by Gasteiger charge is 2.05. The molecule has 0 aliphatic rings. The normalized spacial score (nSPS) is 11.5. The van der Waals surface area contributed by atoms with Crippen LogP contribution in [0.4, 0.5) is 0 Å². The van der Waals surface area contributed by atoms with Gasteiger partial charge in [-0.25, -0.2) is 9.98 Å². The molecule has 1 heterocycles. The van der Waals surface area contributed by atoms with Crippen molar-refractivity contribution < 1.29 is 4.74 Å². The second-order valence-electron chi connectivity index (χ2n) is 5.72. The second kappa shape index (κ2) is 8.78. The van der Waals surface area contributed by atoms with E-state index in [4.69, 9.17) is 10.5 Å². The van der Waals surface area contributed by atoms with Crippen LogP contribution in [-0.4, -0.2) is 17.5 Å². The molecule has 0 atom stereocenters. The van der Waals surface area contributed by atoms with Crippen LogP contribution in [0.25, 0.3) is 0 Å². The van der Waals surface area contributed by atoms with E-state index >= 15 is 0 Å². The lowest BCUT2D eigenvalue weighted by Gasteiger charge is -2.10. The summed E-state index contributed by atoms with van der Waals surface area (Å²) in [5, 5.41) is 3.10.